The number of halogens is 2. The smallest absolute Gasteiger partial charge is 0.251 e. The highest BCUT2D eigenvalue weighted by molar-refractivity contribution is 7.99. The Morgan fingerprint density at radius 3 is 2.59 bits per heavy atom. The first-order valence-corrected chi connectivity index (χ1v) is 10.5. The summed E-state index contributed by atoms with van der Waals surface area (Å²) in [7, 11) is 0. The lowest BCUT2D eigenvalue weighted by Crippen LogP contribution is -2.41. The summed E-state index contributed by atoms with van der Waals surface area (Å²) in [5.41, 5.74) is 0.0922. The topological polar surface area (TPSA) is 88.9 Å². The van der Waals surface area contributed by atoms with Crippen LogP contribution in [0.2, 0.25) is 10.0 Å². The number of nitrogens with zero attached hydrogens (tertiary/aromatic N) is 3. The summed E-state index contributed by atoms with van der Waals surface area (Å²) in [5.74, 6) is 0.361. The third kappa shape index (κ3) is 7.06. The van der Waals surface area contributed by atoms with Gasteiger partial charge in [-0.25, -0.2) is 0 Å². The second-order valence-corrected chi connectivity index (χ2v) is 8.95. The molecule has 0 unspecified atom stereocenters. The van der Waals surface area contributed by atoms with Gasteiger partial charge in [0.05, 0.1) is 22.3 Å². The summed E-state index contributed by atoms with van der Waals surface area (Å²) in [6.07, 6.45) is 1.70. The Balaban J connectivity index is 2.03. The fourth-order valence-electron chi connectivity index (χ4n) is 2.35. The van der Waals surface area contributed by atoms with Gasteiger partial charge in [0, 0.05) is 17.6 Å². The zero-order chi connectivity index (χ0) is 21.6. The van der Waals surface area contributed by atoms with Gasteiger partial charge >= 0.3 is 0 Å². The first-order valence-electron chi connectivity index (χ1n) is 8.80. The van der Waals surface area contributed by atoms with Gasteiger partial charge in [0.25, 0.3) is 5.91 Å². The number of amides is 2. The molecule has 0 fully saturated rings. The molecule has 7 nitrogen and oxygen atoms in total. The van der Waals surface area contributed by atoms with Crippen molar-refractivity contribution < 1.29 is 9.59 Å². The maximum Gasteiger partial charge on any atom is 0.251 e. The number of allylic oxidation sites excluding steroid dienone is 1. The van der Waals surface area contributed by atoms with Crippen LogP contribution in [0.5, 0.6) is 0 Å². The Bertz CT molecular complexity index is 908. The first kappa shape index (κ1) is 23.3. The molecular formula is C19H23Cl2N5O2S. The van der Waals surface area contributed by atoms with E-state index in [4.69, 9.17) is 23.2 Å². The normalized spacial score (nSPS) is 11.2. The van der Waals surface area contributed by atoms with E-state index in [9.17, 15) is 9.59 Å². The van der Waals surface area contributed by atoms with Gasteiger partial charge in [-0.1, -0.05) is 41.0 Å². The monoisotopic (exact) mass is 455 g/mol. The van der Waals surface area contributed by atoms with E-state index in [1.807, 2.05) is 20.8 Å². The lowest BCUT2D eigenvalue weighted by Gasteiger charge is -2.20. The Morgan fingerprint density at radius 1 is 1.24 bits per heavy atom. The van der Waals surface area contributed by atoms with Crippen molar-refractivity contribution in [3.05, 3.63) is 52.3 Å². The number of thioether (sulfide) groups is 1. The van der Waals surface area contributed by atoms with Crippen LogP contribution in [0.3, 0.4) is 0 Å². The number of carbonyl (C=O) groups excluding carboxylic acids is 2. The molecule has 0 aliphatic carbocycles. The van der Waals surface area contributed by atoms with Crippen molar-refractivity contribution in [1.29, 1.82) is 0 Å². The van der Waals surface area contributed by atoms with Crippen LogP contribution >= 0.6 is 35.0 Å². The van der Waals surface area contributed by atoms with Crippen LogP contribution < -0.4 is 10.6 Å². The fourth-order valence-corrected chi connectivity index (χ4v) is 3.42. The van der Waals surface area contributed by atoms with E-state index in [1.54, 1.807) is 22.8 Å². The third-order valence-corrected chi connectivity index (χ3v) is 5.25. The van der Waals surface area contributed by atoms with E-state index in [2.05, 4.69) is 27.4 Å². The highest BCUT2D eigenvalue weighted by atomic mass is 35.5. The van der Waals surface area contributed by atoms with Gasteiger partial charge < -0.3 is 15.2 Å². The third-order valence-electron chi connectivity index (χ3n) is 3.54. The lowest BCUT2D eigenvalue weighted by molar-refractivity contribution is -0.119. The van der Waals surface area contributed by atoms with Crippen molar-refractivity contribution in [3.63, 3.8) is 0 Å². The van der Waals surface area contributed by atoms with Gasteiger partial charge in [-0.15, -0.1) is 16.8 Å². The molecule has 2 N–H and O–H groups in total. The molecule has 1 aromatic carbocycles. The van der Waals surface area contributed by atoms with Crippen LogP contribution in [-0.2, 0) is 17.9 Å². The Kier molecular flexibility index (Phi) is 8.13. The molecular weight excluding hydrogens is 433 g/mol. The van der Waals surface area contributed by atoms with E-state index >= 15 is 0 Å². The Morgan fingerprint density at radius 2 is 1.97 bits per heavy atom. The summed E-state index contributed by atoms with van der Waals surface area (Å²) in [5, 5.41) is 15.2. The standard InChI is InChI=1S/C19H23Cl2N5O2S/c1-5-8-26-15(10-22-17(28)12-6-7-13(20)14(21)9-12)24-25-18(26)29-11-16(27)23-19(2,3)4/h5-7,9H,1,8,10-11H2,2-4H3,(H,22,28)(H,23,27). The van der Waals surface area contributed by atoms with Gasteiger partial charge in [0.15, 0.2) is 11.0 Å². The van der Waals surface area contributed by atoms with E-state index in [0.717, 1.165) is 0 Å². The molecule has 29 heavy (non-hydrogen) atoms. The fraction of sp³-hybridized carbons (Fsp3) is 0.368. The summed E-state index contributed by atoms with van der Waals surface area (Å²) >= 11 is 13.1. The van der Waals surface area contributed by atoms with Gasteiger partial charge in [0.1, 0.15) is 0 Å². The van der Waals surface area contributed by atoms with E-state index in [1.165, 1.54) is 17.8 Å². The lowest BCUT2D eigenvalue weighted by atomic mass is 10.1. The zero-order valence-corrected chi connectivity index (χ0v) is 18.8. The van der Waals surface area contributed by atoms with Gasteiger partial charge in [-0.2, -0.15) is 0 Å². The highest BCUT2D eigenvalue weighted by Gasteiger charge is 2.17. The Labute approximate surface area is 184 Å². The number of hydrogen-bond acceptors (Lipinski definition) is 5. The molecule has 0 bridgehead atoms. The molecule has 2 aromatic rings. The molecule has 0 saturated heterocycles. The summed E-state index contributed by atoms with van der Waals surface area (Å²) in [6.45, 7) is 10.1. The molecule has 10 heteroatoms. The Hall–Kier alpha value is -2.03. The molecule has 1 aromatic heterocycles. The average molecular weight is 456 g/mol. The van der Waals surface area contributed by atoms with Crippen molar-refractivity contribution in [2.75, 3.05) is 5.75 Å². The molecule has 1 heterocycles. The van der Waals surface area contributed by atoms with Crippen LogP contribution in [-0.4, -0.2) is 37.9 Å². The predicted molar refractivity (Wildman–Crippen MR) is 116 cm³/mol. The van der Waals surface area contributed by atoms with Crippen LogP contribution in [0.4, 0.5) is 0 Å². The quantitative estimate of drug-likeness (QED) is 0.467. The van der Waals surface area contributed by atoms with Crippen molar-refractivity contribution in [1.82, 2.24) is 25.4 Å². The number of aromatic nitrogens is 3. The maximum absolute atomic E-state index is 12.4. The number of nitrogens with one attached hydrogen (secondary N) is 2. The second-order valence-electron chi connectivity index (χ2n) is 7.20. The van der Waals surface area contributed by atoms with Gasteiger partial charge in [0.2, 0.25) is 5.91 Å². The SMILES string of the molecule is C=CCn1c(CNC(=O)c2ccc(Cl)c(Cl)c2)nnc1SCC(=O)NC(C)(C)C. The highest BCUT2D eigenvalue weighted by Crippen LogP contribution is 2.22. The molecule has 0 spiro atoms. The van der Waals surface area contributed by atoms with Gasteiger partial charge in [-0.3, -0.25) is 9.59 Å². The van der Waals surface area contributed by atoms with Crippen molar-refractivity contribution in [3.8, 4) is 0 Å². The predicted octanol–water partition coefficient (Wildman–Crippen LogP) is 3.71. The van der Waals surface area contributed by atoms with E-state index < -0.39 is 0 Å². The van der Waals surface area contributed by atoms with E-state index in [-0.39, 0.29) is 29.7 Å². The number of rotatable bonds is 8. The molecule has 0 aliphatic rings. The van der Waals surface area contributed by atoms with Crippen LogP contribution in [0.25, 0.3) is 0 Å². The van der Waals surface area contributed by atoms with Crippen molar-refractivity contribution in [2.45, 2.75) is 44.6 Å². The van der Waals surface area contributed by atoms with Gasteiger partial charge in [-0.05, 0) is 39.0 Å². The van der Waals surface area contributed by atoms with Crippen LogP contribution in [0.1, 0.15) is 37.0 Å². The molecule has 0 radical (unpaired) electrons. The molecule has 2 rings (SSSR count). The van der Waals surface area contributed by atoms with Crippen molar-refractivity contribution >= 4 is 46.8 Å². The maximum atomic E-state index is 12.4. The molecule has 2 amide bonds. The minimum Gasteiger partial charge on any atom is -0.351 e. The van der Waals surface area contributed by atoms with Crippen LogP contribution in [0.15, 0.2) is 36.0 Å². The number of benzene rings is 1. The molecule has 156 valence electrons. The van der Waals surface area contributed by atoms with E-state index in [0.29, 0.717) is 33.1 Å². The molecule has 0 saturated carbocycles. The largest absolute Gasteiger partial charge is 0.351 e. The number of carbonyl (C=O) groups is 2. The zero-order valence-electron chi connectivity index (χ0n) is 16.5. The molecule has 0 atom stereocenters. The molecule has 0 aliphatic heterocycles. The summed E-state index contributed by atoms with van der Waals surface area (Å²) in [4.78, 5) is 24.4. The average Bonchev–Trinajstić information content (AvgIpc) is 3.01. The van der Waals surface area contributed by atoms with Crippen LogP contribution in [0, 0.1) is 0 Å². The number of hydrogen-bond donors (Lipinski definition) is 2. The summed E-state index contributed by atoms with van der Waals surface area (Å²) < 4.78 is 1.80. The van der Waals surface area contributed by atoms with Crippen molar-refractivity contribution in [2.24, 2.45) is 0 Å². The second kappa shape index (κ2) is 10.1. The minimum absolute atomic E-state index is 0.0925. The summed E-state index contributed by atoms with van der Waals surface area (Å²) in [6, 6.07) is 4.66. The minimum atomic E-state index is -0.310. The first-order chi connectivity index (χ1) is 13.6.